The van der Waals surface area contributed by atoms with Crippen molar-refractivity contribution < 1.29 is 14.6 Å². The van der Waals surface area contributed by atoms with E-state index in [1.165, 1.54) is 0 Å². The highest BCUT2D eigenvalue weighted by Gasteiger charge is 2.53. The Morgan fingerprint density at radius 1 is 1.73 bits per heavy atom. The first kappa shape index (κ1) is 7.06. The molecule has 0 aromatic carbocycles. The van der Waals surface area contributed by atoms with Gasteiger partial charge in [-0.3, -0.25) is 4.79 Å². The predicted octanol–water partition coefficient (Wildman–Crippen LogP) is -0.550. The lowest BCUT2D eigenvalue weighted by molar-refractivity contribution is -0.149. The molecule has 0 radical (unpaired) electrons. The van der Waals surface area contributed by atoms with Crippen molar-refractivity contribution in [1.29, 1.82) is 0 Å². The molecular weight excluding hydrogens is 146 g/mol. The molecule has 2 aliphatic heterocycles. The van der Waals surface area contributed by atoms with Crippen molar-refractivity contribution in [2.75, 3.05) is 19.7 Å². The van der Waals surface area contributed by atoms with Crippen LogP contribution in [0.1, 0.15) is 6.42 Å². The van der Waals surface area contributed by atoms with Crippen LogP contribution in [0.5, 0.6) is 0 Å². The number of aliphatic carboxylic acids is 1. The maximum Gasteiger partial charge on any atom is 0.313 e. The molecule has 62 valence electrons. The first-order chi connectivity index (χ1) is 5.26. The molecule has 4 nitrogen and oxygen atoms in total. The third kappa shape index (κ3) is 0.795. The fourth-order valence-electron chi connectivity index (χ4n) is 1.91. The lowest BCUT2D eigenvalue weighted by atomic mass is 9.84. The van der Waals surface area contributed by atoms with Crippen molar-refractivity contribution >= 4 is 5.97 Å². The zero-order valence-electron chi connectivity index (χ0n) is 6.17. The summed E-state index contributed by atoms with van der Waals surface area (Å²) in [4.78, 5) is 10.9. The maximum absolute atomic E-state index is 10.9. The number of carboxylic acid groups (broad SMARTS) is 1. The first-order valence-corrected chi connectivity index (χ1v) is 3.81. The summed E-state index contributed by atoms with van der Waals surface area (Å²) in [7, 11) is 0. The van der Waals surface area contributed by atoms with Crippen LogP contribution in [0.4, 0.5) is 0 Å². The van der Waals surface area contributed by atoms with E-state index in [9.17, 15) is 4.79 Å². The third-order valence-electron chi connectivity index (χ3n) is 2.68. The van der Waals surface area contributed by atoms with Crippen molar-refractivity contribution in [3.05, 3.63) is 0 Å². The lowest BCUT2D eigenvalue weighted by Crippen LogP contribution is -2.38. The highest BCUT2D eigenvalue weighted by molar-refractivity contribution is 5.76. The summed E-state index contributed by atoms with van der Waals surface area (Å²) in [6.07, 6.45) is 0.556. The van der Waals surface area contributed by atoms with Crippen molar-refractivity contribution in [3.8, 4) is 0 Å². The van der Waals surface area contributed by atoms with Crippen LogP contribution in [0.3, 0.4) is 0 Å². The Balaban J connectivity index is 2.26. The molecule has 0 spiro atoms. The Morgan fingerprint density at radius 3 is 3.18 bits per heavy atom. The topological polar surface area (TPSA) is 58.6 Å². The van der Waals surface area contributed by atoms with E-state index in [0.717, 1.165) is 0 Å². The van der Waals surface area contributed by atoms with Crippen LogP contribution in [0.25, 0.3) is 0 Å². The van der Waals surface area contributed by atoms with Gasteiger partial charge >= 0.3 is 5.97 Å². The van der Waals surface area contributed by atoms with E-state index in [1.54, 1.807) is 0 Å². The first-order valence-electron chi connectivity index (χ1n) is 3.81. The van der Waals surface area contributed by atoms with Gasteiger partial charge in [-0.05, 0) is 6.42 Å². The van der Waals surface area contributed by atoms with E-state index in [4.69, 9.17) is 9.84 Å². The molecule has 2 saturated heterocycles. The second-order valence-electron chi connectivity index (χ2n) is 3.20. The molecule has 2 aliphatic rings. The van der Waals surface area contributed by atoms with Gasteiger partial charge in [0.05, 0.1) is 6.10 Å². The second kappa shape index (κ2) is 2.19. The molecule has 0 bridgehead atoms. The average Bonchev–Trinajstić information content (AvgIpc) is 2.40. The van der Waals surface area contributed by atoms with Crippen molar-refractivity contribution in [3.63, 3.8) is 0 Å². The Bertz CT molecular complexity index is 182. The van der Waals surface area contributed by atoms with E-state index in [2.05, 4.69) is 5.32 Å². The van der Waals surface area contributed by atoms with Crippen LogP contribution in [-0.2, 0) is 9.53 Å². The van der Waals surface area contributed by atoms with E-state index in [1.807, 2.05) is 0 Å². The molecule has 11 heavy (non-hydrogen) atoms. The van der Waals surface area contributed by atoms with E-state index < -0.39 is 11.4 Å². The highest BCUT2D eigenvalue weighted by Crippen LogP contribution is 2.37. The molecule has 0 aromatic rings. The summed E-state index contributed by atoms with van der Waals surface area (Å²) in [6, 6.07) is 0. The summed E-state index contributed by atoms with van der Waals surface area (Å²) >= 11 is 0. The minimum absolute atomic E-state index is 0.0972. The van der Waals surface area contributed by atoms with Crippen LogP contribution in [0, 0.1) is 5.41 Å². The number of ether oxygens (including phenoxy) is 1. The summed E-state index contributed by atoms with van der Waals surface area (Å²) in [6.45, 7) is 1.85. The van der Waals surface area contributed by atoms with Crippen LogP contribution >= 0.6 is 0 Å². The molecule has 2 N–H and O–H groups in total. The molecule has 2 fully saturated rings. The zero-order valence-corrected chi connectivity index (χ0v) is 6.17. The molecule has 2 atom stereocenters. The number of rotatable bonds is 1. The minimum atomic E-state index is -0.718. The minimum Gasteiger partial charge on any atom is -0.481 e. The molecular formula is C7H11NO3. The number of hydrogen-bond acceptors (Lipinski definition) is 3. The van der Waals surface area contributed by atoms with Gasteiger partial charge in [0.15, 0.2) is 0 Å². The van der Waals surface area contributed by atoms with Gasteiger partial charge < -0.3 is 15.2 Å². The fraction of sp³-hybridized carbons (Fsp3) is 0.857. The molecule has 0 aromatic heterocycles. The molecule has 0 aliphatic carbocycles. The number of carboxylic acids is 1. The standard InChI is InChI=1S/C7H11NO3/c9-6(10)7-1-2-11-5(7)3-8-4-7/h5,8H,1-4H2,(H,9,10). The summed E-state index contributed by atoms with van der Waals surface area (Å²) in [5, 5.41) is 12.0. The Labute approximate surface area is 64.5 Å². The Kier molecular flexibility index (Phi) is 1.40. The number of hydrogen-bond donors (Lipinski definition) is 2. The monoisotopic (exact) mass is 157 g/mol. The number of nitrogens with one attached hydrogen (secondary N) is 1. The van der Waals surface area contributed by atoms with Gasteiger partial charge in [0.1, 0.15) is 5.41 Å². The van der Waals surface area contributed by atoms with Gasteiger partial charge in [-0.15, -0.1) is 0 Å². The summed E-state index contributed by atoms with van der Waals surface area (Å²) in [5.41, 5.74) is -0.611. The van der Waals surface area contributed by atoms with Crippen LogP contribution in [0.15, 0.2) is 0 Å². The molecule has 2 rings (SSSR count). The highest BCUT2D eigenvalue weighted by atomic mass is 16.5. The predicted molar refractivity (Wildman–Crippen MR) is 37.3 cm³/mol. The maximum atomic E-state index is 10.9. The molecule has 0 saturated carbocycles. The smallest absolute Gasteiger partial charge is 0.313 e. The summed E-state index contributed by atoms with van der Waals surface area (Å²) in [5.74, 6) is -0.718. The largest absolute Gasteiger partial charge is 0.481 e. The average molecular weight is 157 g/mol. The lowest BCUT2D eigenvalue weighted by Gasteiger charge is -2.19. The van der Waals surface area contributed by atoms with E-state index >= 15 is 0 Å². The molecule has 0 amide bonds. The van der Waals surface area contributed by atoms with Gasteiger partial charge in [0, 0.05) is 19.7 Å². The van der Waals surface area contributed by atoms with E-state index in [-0.39, 0.29) is 6.10 Å². The van der Waals surface area contributed by atoms with Crippen LogP contribution in [0.2, 0.25) is 0 Å². The SMILES string of the molecule is O=C(O)C12CCOC1CNC2. The number of fused-ring (bicyclic) bond motifs is 1. The van der Waals surface area contributed by atoms with Crippen molar-refractivity contribution in [1.82, 2.24) is 5.32 Å². The van der Waals surface area contributed by atoms with Gasteiger partial charge in [-0.25, -0.2) is 0 Å². The van der Waals surface area contributed by atoms with Gasteiger partial charge in [0.2, 0.25) is 0 Å². The second-order valence-corrected chi connectivity index (χ2v) is 3.20. The third-order valence-corrected chi connectivity index (χ3v) is 2.68. The Hall–Kier alpha value is -0.610. The molecule has 2 heterocycles. The van der Waals surface area contributed by atoms with Crippen LogP contribution < -0.4 is 5.32 Å². The van der Waals surface area contributed by atoms with Gasteiger partial charge in [-0.2, -0.15) is 0 Å². The van der Waals surface area contributed by atoms with Crippen LogP contribution in [-0.4, -0.2) is 36.9 Å². The van der Waals surface area contributed by atoms with Gasteiger partial charge in [-0.1, -0.05) is 0 Å². The van der Waals surface area contributed by atoms with Crippen molar-refractivity contribution in [2.45, 2.75) is 12.5 Å². The quantitative estimate of drug-likeness (QED) is 0.536. The summed E-state index contributed by atoms with van der Waals surface area (Å²) < 4.78 is 5.30. The number of carbonyl (C=O) groups is 1. The Morgan fingerprint density at radius 2 is 2.55 bits per heavy atom. The van der Waals surface area contributed by atoms with Gasteiger partial charge in [0.25, 0.3) is 0 Å². The molecule has 4 heteroatoms. The zero-order chi connectivity index (χ0) is 7.90. The molecule has 2 unspecified atom stereocenters. The van der Waals surface area contributed by atoms with E-state index in [0.29, 0.717) is 26.1 Å². The normalized spacial score (nSPS) is 42.4. The van der Waals surface area contributed by atoms with Crippen molar-refractivity contribution in [2.24, 2.45) is 5.41 Å². The fourth-order valence-corrected chi connectivity index (χ4v) is 1.91.